The molecule has 0 spiro atoms. The van der Waals surface area contributed by atoms with Gasteiger partial charge in [-0.1, -0.05) is 17.7 Å². The molecule has 1 heterocycles. The second kappa shape index (κ2) is 5.42. The van der Waals surface area contributed by atoms with Crippen molar-refractivity contribution >= 4 is 11.6 Å². The van der Waals surface area contributed by atoms with E-state index in [4.69, 9.17) is 21.4 Å². The maximum Gasteiger partial charge on any atom is 0.123 e. The van der Waals surface area contributed by atoms with Gasteiger partial charge >= 0.3 is 0 Å². The van der Waals surface area contributed by atoms with Gasteiger partial charge in [0.15, 0.2) is 0 Å². The summed E-state index contributed by atoms with van der Waals surface area (Å²) in [5.74, 6) is 0.776. The van der Waals surface area contributed by atoms with Crippen LogP contribution in [-0.4, -0.2) is 22.0 Å². The molecule has 1 aromatic carbocycles. The quantitative estimate of drug-likeness (QED) is 0.924. The summed E-state index contributed by atoms with van der Waals surface area (Å²) < 4.78 is 7.11. The topological polar surface area (TPSA) is 47.3 Å². The zero-order valence-electron chi connectivity index (χ0n) is 10.4. The molecule has 0 radical (unpaired) electrons. The lowest BCUT2D eigenvalue weighted by Gasteiger charge is -2.11. The van der Waals surface area contributed by atoms with E-state index in [0.717, 1.165) is 22.6 Å². The lowest BCUT2D eigenvalue weighted by atomic mass is 10.1. The maximum atomic E-state index is 9.17. The van der Waals surface area contributed by atoms with Crippen LogP contribution < -0.4 is 4.74 Å². The minimum absolute atomic E-state index is 0.00976. The van der Waals surface area contributed by atoms with Crippen LogP contribution in [0.25, 0.3) is 0 Å². The summed E-state index contributed by atoms with van der Waals surface area (Å²) in [6, 6.07) is 5.60. The smallest absolute Gasteiger partial charge is 0.123 e. The zero-order valence-corrected chi connectivity index (χ0v) is 11.1. The van der Waals surface area contributed by atoms with Crippen molar-refractivity contribution in [2.45, 2.75) is 20.1 Å². The van der Waals surface area contributed by atoms with Crippen molar-refractivity contribution in [3.8, 4) is 5.75 Å². The summed E-state index contributed by atoms with van der Waals surface area (Å²) >= 11 is 5.97. The molecule has 0 fully saturated rings. The van der Waals surface area contributed by atoms with E-state index in [9.17, 15) is 0 Å². The molecule has 0 amide bonds. The first-order chi connectivity index (χ1) is 8.65. The van der Waals surface area contributed by atoms with E-state index >= 15 is 0 Å². The van der Waals surface area contributed by atoms with Gasteiger partial charge in [-0.3, -0.25) is 4.68 Å². The molecule has 96 valence electrons. The van der Waals surface area contributed by atoms with Crippen LogP contribution in [0.3, 0.4) is 0 Å². The highest BCUT2D eigenvalue weighted by Crippen LogP contribution is 2.22. The SMILES string of the molecule is COc1ccc(CO)cc1Cn1ncc(Cl)c1C. The number of hydrogen-bond acceptors (Lipinski definition) is 3. The lowest BCUT2D eigenvalue weighted by Crippen LogP contribution is -2.06. The minimum Gasteiger partial charge on any atom is -0.496 e. The number of nitrogens with zero attached hydrogens (tertiary/aromatic N) is 2. The van der Waals surface area contributed by atoms with E-state index < -0.39 is 0 Å². The van der Waals surface area contributed by atoms with Gasteiger partial charge in [-0.05, 0) is 24.6 Å². The van der Waals surface area contributed by atoms with Crippen LogP contribution in [0.15, 0.2) is 24.4 Å². The van der Waals surface area contributed by atoms with Crippen LogP contribution in [0.4, 0.5) is 0 Å². The molecule has 0 saturated heterocycles. The molecule has 0 aliphatic carbocycles. The van der Waals surface area contributed by atoms with E-state index in [0.29, 0.717) is 11.6 Å². The van der Waals surface area contributed by atoms with E-state index in [1.54, 1.807) is 18.0 Å². The highest BCUT2D eigenvalue weighted by Gasteiger charge is 2.09. The number of aliphatic hydroxyl groups is 1. The standard InChI is InChI=1S/C13H15ClN2O2/c1-9-12(14)6-15-16(9)7-11-5-10(8-17)3-4-13(11)18-2/h3-6,17H,7-8H2,1-2H3. The van der Waals surface area contributed by atoms with Crippen molar-refractivity contribution in [3.63, 3.8) is 0 Å². The van der Waals surface area contributed by atoms with Crippen LogP contribution in [0.1, 0.15) is 16.8 Å². The molecule has 1 aromatic heterocycles. The Bertz CT molecular complexity index is 552. The van der Waals surface area contributed by atoms with E-state index in [1.165, 1.54) is 0 Å². The first-order valence-electron chi connectivity index (χ1n) is 5.60. The number of hydrogen-bond donors (Lipinski definition) is 1. The Morgan fingerprint density at radius 2 is 2.22 bits per heavy atom. The van der Waals surface area contributed by atoms with Gasteiger partial charge in [0, 0.05) is 5.56 Å². The third kappa shape index (κ3) is 2.49. The second-order valence-corrected chi connectivity index (χ2v) is 4.45. The number of methoxy groups -OCH3 is 1. The molecule has 5 heteroatoms. The monoisotopic (exact) mass is 266 g/mol. The Labute approximate surface area is 111 Å². The number of halogens is 1. The van der Waals surface area contributed by atoms with Gasteiger partial charge in [-0.15, -0.1) is 0 Å². The van der Waals surface area contributed by atoms with E-state index in [1.807, 2.05) is 25.1 Å². The fourth-order valence-electron chi connectivity index (χ4n) is 1.80. The maximum absolute atomic E-state index is 9.17. The summed E-state index contributed by atoms with van der Waals surface area (Å²) in [4.78, 5) is 0. The number of aromatic nitrogens is 2. The van der Waals surface area contributed by atoms with Gasteiger partial charge < -0.3 is 9.84 Å². The molecule has 2 aromatic rings. The summed E-state index contributed by atoms with van der Waals surface area (Å²) in [6.07, 6.45) is 1.62. The molecular weight excluding hydrogens is 252 g/mol. The molecule has 0 bridgehead atoms. The van der Waals surface area contributed by atoms with Crippen LogP contribution in [0.5, 0.6) is 5.75 Å². The average molecular weight is 267 g/mol. The first kappa shape index (κ1) is 12.9. The van der Waals surface area contributed by atoms with Crippen molar-refractivity contribution in [2.75, 3.05) is 7.11 Å². The van der Waals surface area contributed by atoms with Crippen LogP contribution in [-0.2, 0) is 13.2 Å². The van der Waals surface area contributed by atoms with Gasteiger partial charge in [0.25, 0.3) is 0 Å². The van der Waals surface area contributed by atoms with Crippen molar-refractivity contribution < 1.29 is 9.84 Å². The van der Waals surface area contributed by atoms with Gasteiger partial charge in [-0.25, -0.2) is 0 Å². The van der Waals surface area contributed by atoms with Crippen LogP contribution >= 0.6 is 11.6 Å². The third-order valence-electron chi connectivity index (χ3n) is 2.89. The van der Waals surface area contributed by atoms with Gasteiger partial charge in [0.2, 0.25) is 0 Å². The highest BCUT2D eigenvalue weighted by molar-refractivity contribution is 6.31. The summed E-state index contributed by atoms with van der Waals surface area (Å²) in [5.41, 5.74) is 2.72. The minimum atomic E-state index is 0.00976. The summed E-state index contributed by atoms with van der Waals surface area (Å²) in [7, 11) is 1.63. The molecule has 0 aliphatic rings. The summed E-state index contributed by atoms with van der Waals surface area (Å²) in [5, 5.41) is 14.0. The molecule has 0 saturated carbocycles. The number of benzene rings is 1. The fourth-order valence-corrected chi connectivity index (χ4v) is 1.94. The molecule has 1 N–H and O–H groups in total. The first-order valence-corrected chi connectivity index (χ1v) is 5.98. The largest absolute Gasteiger partial charge is 0.496 e. The predicted molar refractivity (Wildman–Crippen MR) is 70.0 cm³/mol. The second-order valence-electron chi connectivity index (χ2n) is 4.04. The molecule has 18 heavy (non-hydrogen) atoms. The Balaban J connectivity index is 2.35. The molecule has 4 nitrogen and oxygen atoms in total. The summed E-state index contributed by atoms with van der Waals surface area (Å²) in [6.45, 7) is 2.49. The molecule has 0 atom stereocenters. The van der Waals surface area contributed by atoms with Crippen molar-refractivity contribution in [1.82, 2.24) is 9.78 Å². The predicted octanol–water partition coefficient (Wildman–Crippen LogP) is 2.39. The van der Waals surface area contributed by atoms with Crippen molar-refractivity contribution in [1.29, 1.82) is 0 Å². The molecule has 0 aliphatic heterocycles. The molecule has 2 rings (SSSR count). The number of ether oxygens (including phenoxy) is 1. The van der Waals surface area contributed by atoms with Crippen LogP contribution in [0, 0.1) is 6.92 Å². The Kier molecular flexibility index (Phi) is 3.89. The van der Waals surface area contributed by atoms with Crippen LogP contribution in [0.2, 0.25) is 5.02 Å². The lowest BCUT2D eigenvalue weighted by molar-refractivity contribution is 0.281. The normalized spacial score (nSPS) is 10.7. The Morgan fingerprint density at radius 3 is 2.78 bits per heavy atom. The number of rotatable bonds is 4. The molecule has 0 unspecified atom stereocenters. The van der Waals surface area contributed by atoms with Crippen molar-refractivity contribution in [2.24, 2.45) is 0 Å². The average Bonchev–Trinajstić information content (AvgIpc) is 2.70. The van der Waals surface area contributed by atoms with E-state index in [-0.39, 0.29) is 6.61 Å². The molecular formula is C13H15ClN2O2. The van der Waals surface area contributed by atoms with E-state index in [2.05, 4.69) is 5.10 Å². The highest BCUT2D eigenvalue weighted by atomic mass is 35.5. The van der Waals surface area contributed by atoms with Gasteiger partial charge in [0.1, 0.15) is 5.75 Å². The van der Waals surface area contributed by atoms with Gasteiger partial charge in [0.05, 0.1) is 37.2 Å². The number of aliphatic hydroxyl groups excluding tert-OH is 1. The van der Waals surface area contributed by atoms with Crippen molar-refractivity contribution in [3.05, 3.63) is 46.2 Å². The third-order valence-corrected chi connectivity index (χ3v) is 3.26. The zero-order chi connectivity index (χ0) is 13.1. The Morgan fingerprint density at radius 1 is 1.44 bits per heavy atom. The van der Waals surface area contributed by atoms with Gasteiger partial charge in [-0.2, -0.15) is 5.10 Å². The Hall–Kier alpha value is -1.52. The fraction of sp³-hybridized carbons (Fsp3) is 0.308.